The van der Waals surface area contributed by atoms with Gasteiger partial charge in [-0.15, -0.1) is 5.10 Å². The summed E-state index contributed by atoms with van der Waals surface area (Å²) in [5.41, 5.74) is 1.89. The van der Waals surface area contributed by atoms with Gasteiger partial charge in [0, 0.05) is 25.2 Å². The largest absolute Gasteiger partial charge is 0.335 e. The average molecular weight is 263 g/mol. The summed E-state index contributed by atoms with van der Waals surface area (Å²) in [6, 6.07) is 1.00. The molecule has 1 aromatic heterocycles. The lowest BCUT2D eigenvalue weighted by Gasteiger charge is -2.36. The second kappa shape index (κ2) is 6.28. The van der Waals surface area contributed by atoms with E-state index in [9.17, 15) is 0 Å². The van der Waals surface area contributed by atoms with Crippen molar-refractivity contribution >= 4 is 5.95 Å². The third-order valence-electron chi connectivity index (χ3n) is 3.73. The van der Waals surface area contributed by atoms with Gasteiger partial charge in [0.15, 0.2) is 0 Å². The molecule has 1 aliphatic rings. The van der Waals surface area contributed by atoms with Gasteiger partial charge in [0.1, 0.15) is 0 Å². The van der Waals surface area contributed by atoms with E-state index in [1.807, 2.05) is 13.8 Å². The van der Waals surface area contributed by atoms with Crippen molar-refractivity contribution in [1.29, 1.82) is 0 Å². The minimum Gasteiger partial charge on any atom is -0.335 e. The van der Waals surface area contributed by atoms with Crippen LogP contribution < -0.4 is 10.2 Å². The van der Waals surface area contributed by atoms with E-state index in [2.05, 4.69) is 39.2 Å². The van der Waals surface area contributed by atoms with E-state index >= 15 is 0 Å². The zero-order valence-electron chi connectivity index (χ0n) is 12.5. The first-order chi connectivity index (χ1) is 9.08. The van der Waals surface area contributed by atoms with Crippen molar-refractivity contribution in [2.24, 2.45) is 0 Å². The van der Waals surface area contributed by atoms with E-state index in [1.54, 1.807) is 0 Å². The van der Waals surface area contributed by atoms with Crippen molar-refractivity contribution in [3.05, 3.63) is 11.4 Å². The van der Waals surface area contributed by atoms with Crippen molar-refractivity contribution in [1.82, 2.24) is 20.5 Å². The van der Waals surface area contributed by atoms with Crippen LogP contribution in [0.3, 0.4) is 0 Å². The lowest BCUT2D eigenvalue weighted by molar-refractivity contribution is 0.414. The van der Waals surface area contributed by atoms with Gasteiger partial charge >= 0.3 is 0 Å². The van der Waals surface area contributed by atoms with E-state index in [4.69, 9.17) is 0 Å². The SMILES string of the molecule is Cc1nnc(N2CCCCC2CNC(C)C)nc1C. The van der Waals surface area contributed by atoms with Crippen LogP contribution in [0.5, 0.6) is 0 Å². The van der Waals surface area contributed by atoms with Crippen LogP contribution in [-0.4, -0.2) is 40.4 Å². The van der Waals surface area contributed by atoms with Gasteiger partial charge in [-0.05, 0) is 33.1 Å². The normalized spacial score (nSPS) is 20.1. The molecule has 0 saturated carbocycles. The summed E-state index contributed by atoms with van der Waals surface area (Å²) in [5.74, 6) is 0.790. The number of hydrogen-bond acceptors (Lipinski definition) is 5. The highest BCUT2D eigenvalue weighted by Gasteiger charge is 2.25. The maximum Gasteiger partial charge on any atom is 0.245 e. The van der Waals surface area contributed by atoms with Crippen molar-refractivity contribution in [2.45, 2.75) is 59.0 Å². The molecule has 0 bridgehead atoms. The Labute approximate surface area is 115 Å². The molecule has 0 amide bonds. The molecule has 1 fully saturated rings. The van der Waals surface area contributed by atoms with Crippen LogP contribution in [0.4, 0.5) is 5.95 Å². The molecule has 0 spiro atoms. The highest BCUT2D eigenvalue weighted by atomic mass is 15.3. The van der Waals surface area contributed by atoms with Crippen molar-refractivity contribution < 1.29 is 0 Å². The van der Waals surface area contributed by atoms with Crippen LogP contribution in [-0.2, 0) is 0 Å². The third-order valence-corrected chi connectivity index (χ3v) is 3.73. The quantitative estimate of drug-likeness (QED) is 0.898. The number of hydrogen-bond donors (Lipinski definition) is 1. The molecule has 2 heterocycles. The Bertz CT molecular complexity index is 418. The lowest BCUT2D eigenvalue weighted by atomic mass is 10.0. The van der Waals surface area contributed by atoms with Crippen molar-refractivity contribution in [3.8, 4) is 0 Å². The number of piperidine rings is 1. The summed E-state index contributed by atoms with van der Waals surface area (Å²) in [5, 5.41) is 12.0. The number of aryl methyl sites for hydroxylation is 2. The monoisotopic (exact) mass is 263 g/mol. The van der Waals surface area contributed by atoms with Gasteiger partial charge < -0.3 is 10.2 Å². The molecule has 1 unspecified atom stereocenters. The molecule has 19 heavy (non-hydrogen) atoms. The second-order valence-electron chi connectivity index (χ2n) is 5.69. The predicted octanol–water partition coefficient (Wildman–Crippen LogP) is 1.85. The molecule has 5 heteroatoms. The Morgan fingerprint density at radius 2 is 2.00 bits per heavy atom. The highest BCUT2D eigenvalue weighted by Crippen LogP contribution is 2.21. The molecule has 0 radical (unpaired) electrons. The zero-order chi connectivity index (χ0) is 13.8. The molecular weight excluding hydrogens is 238 g/mol. The van der Waals surface area contributed by atoms with Crippen LogP contribution in [0.2, 0.25) is 0 Å². The molecule has 1 aliphatic heterocycles. The fourth-order valence-corrected chi connectivity index (χ4v) is 2.41. The lowest BCUT2D eigenvalue weighted by Crippen LogP contribution is -2.47. The molecule has 0 aliphatic carbocycles. The van der Waals surface area contributed by atoms with Crippen LogP contribution in [0, 0.1) is 13.8 Å². The Morgan fingerprint density at radius 1 is 1.21 bits per heavy atom. The summed E-state index contributed by atoms with van der Waals surface area (Å²) >= 11 is 0. The van der Waals surface area contributed by atoms with E-state index in [0.29, 0.717) is 12.1 Å². The molecular formula is C14H25N5. The average Bonchev–Trinajstić information content (AvgIpc) is 2.40. The molecule has 5 nitrogen and oxygen atoms in total. The Kier molecular flexibility index (Phi) is 4.69. The van der Waals surface area contributed by atoms with Crippen LogP contribution in [0.1, 0.15) is 44.5 Å². The molecule has 1 N–H and O–H groups in total. The minimum atomic E-state index is 0.486. The minimum absolute atomic E-state index is 0.486. The summed E-state index contributed by atoms with van der Waals surface area (Å²) in [6.45, 7) is 10.3. The Morgan fingerprint density at radius 3 is 2.68 bits per heavy atom. The third kappa shape index (κ3) is 3.62. The number of nitrogens with one attached hydrogen (secondary N) is 1. The summed E-state index contributed by atoms with van der Waals surface area (Å²) < 4.78 is 0. The summed E-state index contributed by atoms with van der Waals surface area (Å²) in [7, 11) is 0. The van der Waals surface area contributed by atoms with Gasteiger partial charge in [0.25, 0.3) is 0 Å². The van der Waals surface area contributed by atoms with Gasteiger partial charge in [0.2, 0.25) is 5.95 Å². The Hall–Kier alpha value is -1.23. The smallest absolute Gasteiger partial charge is 0.245 e. The molecule has 1 atom stereocenters. The van der Waals surface area contributed by atoms with Crippen molar-refractivity contribution in [3.63, 3.8) is 0 Å². The van der Waals surface area contributed by atoms with Crippen LogP contribution in [0.25, 0.3) is 0 Å². The highest BCUT2D eigenvalue weighted by molar-refractivity contribution is 5.32. The van der Waals surface area contributed by atoms with Gasteiger partial charge in [-0.25, -0.2) is 4.98 Å². The maximum atomic E-state index is 4.60. The van der Waals surface area contributed by atoms with Crippen molar-refractivity contribution in [2.75, 3.05) is 18.0 Å². The molecule has 1 saturated heterocycles. The zero-order valence-corrected chi connectivity index (χ0v) is 12.5. The summed E-state index contributed by atoms with van der Waals surface area (Å²) in [6.07, 6.45) is 3.71. The first kappa shape index (κ1) is 14.2. The molecule has 106 valence electrons. The van der Waals surface area contributed by atoms with Crippen LogP contribution in [0.15, 0.2) is 0 Å². The topological polar surface area (TPSA) is 53.9 Å². The molecule has 0 aromatic carbocycles. The second-order valence-corrected chi connectivity index (χ2v) is 5.69. The van der Waals surface area contributed by atoms with Gasteiger partial charge in [0.05, 0.1) is 11.4 Å². The molecule has 1 aromatic rings. The van der Waals surface area contributed by atoms with E-state index < -0.39 is 0 Å². The van der Waals surface area contributed by atoms with Crippen LogP contribution >= 0.6 is 0 Å². The van der Waals surface area contributed by atoms with Gasteiger partial charge in [-0.2, -0.15) is 5.10 Å². The van der Waals surface area contributed by atoms with E-state index in [0.717, 1.165) is 30.4 Å². The number of aromatic nitrogens is 3. The maximum absolute atomic E-state index is 4.60. The predicted molar refractivity (Wildman–Crippen MR) is 77.4 cm³/mol. The standard InChI is InChI=1S/C14H25N5/c1-10(2)15-9-13-7-5-6-8-19(13)14-16-11(3)12(4)17-18-14/h10,13,15H,5-9H2,1-4H3. The number of rotatable bonds is 4. The van der Waals surface area contributed by atoms with E-state index in [-0.39, 0.29) is 0 Å². The fourth-order valence-electron chi connectivity index (χ4n) is 2.41. The van der Waals surface area contributed by atoms with E-state index in [1.165, 1.54) is 19.3 Å². The number of anilines is 1. The first-order valence-corrected chi connectivity index (χ1v) is 7.26. The number of nitrogens with zero attached hydrogens (tertiary/aromatic N) is 4. The fraction of sp³-hybridized carbons (Fsp3) is 0.786. The first-order valence-electron chi connectivity index (χ1n) is 7.26. The van der Waals surface area contributed by atoms with Gasteiger partial charge in [-0.1, -0.05) is 13.8 Å². The molecule has 2 rings (SSSR count). The van der Waals surface area contributed by atoms with Gasteiger partial charge in [-0.3, -0.25) is 0 Å². The Balaban J connectivity index is 2.11. The summed E-state index contributed by atoms with van der Waals surface area (Å²) in [4.78, 5) is 6.92.